The van der Waals surface area contributed by atoms with Crippen molar-refractivity contribution in [3.8, 4) is 5.75 Å². The lowest BCUT2D eigenvalue weighted by Gasteiger charge is -2.09. The standard InChI is InChI=1S/C18H17NO2/c1-12-7-8-13(2)18(9-12)21-11-17(20)15-10-19-16-6-4-3-5-14(15)16/h3-10,19H,11H2,1-2H3. The lowest BCUT2D eigenvalue weighted by Crippen LogP contribution is -2.11. The van der Waals surface area contributed by atoms with Gasteiger partial charge in [-0.3, -0.25) is 4.79 Å². The van der Waals surface area contributed by atoms with Crippen molar-refractivity contribution in [3.63, 3.8) is 0 Å². The van der Waals surface area contributed by atoms with Gasteiger partial charge in [0.2, 0.25) is 5.78 Å². The third-order valence-electron chi connectivity index (χ3n) is 3.59. The molecule has 2 aromatic carbocycles. The van der Waals surface area contributed by atoms with Crippen LogP contribution in [0.3, 0.4) is 0 Å². The number of carbonyl (C=O) groups excluding carboxylic acids is 1. The SMILES string of the molecule is Cc1ccc(C)c(OCC(=O)c2c[nH]c3ccccc23)c1. The van der Waals surface area contributed by atoms with Crippen molar-refractivity contribution in [2.75, 3.05) is 6.61 Å². The van der Waals surface area contributed by atoms with Gasteiger partial charge in [0.25, 0.3) is 0 Å². The molecule has 21 heavy (non-hydrogen) atoms. The summed E-state index contributed by atoms with van der Waals surface area (Å²) in [6.45, 7) is 4.03. The third kappa shape index (κ3) is 2.68. The van der Waals surface area contributed by atoms with Crippen molar-refractivity contribution in [2.45, 2.75) is 13.8 Å². The highest BCUT2D eigenvalue weighted by Crippen LogP contribution is 2.21. The van der Waals surface area contributed by atoms with Gasteiger partial charge in [0.15, 0.2) is 6.61 Å². The van der Waals surface area contributed by atoms with Gasteiger partial charge < -0.3 is 9.72 Å². The summed E-state index contributed by atoms with van der Waals surface area (Å²) in [5.41, 5.74) is 3.80. The summed E-state index contributed by atoms with van der Waals surface area (Å²) in [5.74, 6) is 0.747. The molecule has 0 unspecified atom stereocenters. The Kier molecular flexibility index (Phi) is 3.48. The number of carbonyl (C=O) groups is 1. The molecule has 0 atom stereocenters. The van der Waals surface area contributed by atoms with Crippen LogP contribution in [-0.4, -0.2) is 17.4 Å². The number of benzene rings is 2. The van der Waals surface area contributed by atoms with Crippen LogP contribution in [0, 0.1) is 13.8 Å². The monoisotopic (exact) mass is 279 g/mol. The van der Waals surface area contributed by atoms with E-state index in [4.69, 9.17) is 4.74 Å². The number of ether oxygens (including phenoxy) is 1. The van der Waals surface area contributed by atoms with Crippen LogP contribution < -0.4 is 4.74 Å². The molecule has 0 bridgehead atoms. The number of aryl methyl sites for hydroxylation is 2. The van der Waals surface area contributed by atoms with Gasteiger partial charge in [-0.2, -0.15) is 0 Å². The van der Waals surface area contributed by atoms with Crippen molar-refractivity contribution in [2.24, 2.45) is 0 Å². The molecule has 0 aliphatic heterocycles. The number of ketones is 1. The first-order chi connectivity index (χ1) is 10.1. The lowest BCUT2D eigenvalue weighted by molar-refractivity contribution is 0.0923. The highest BCUT2D eigenvalue weighted by atomic mass is 16.5. The van der Waals surface area contributed by atoms with Gasteiger partial charge in [-0.25, -0.2) is 0 Å². The summed E-state index contributed by atoms with van der Waals surface area (Å²) in [4.78, 5) is 15.5. The van der Waals surface area contributed by atoms with Gasteiger partial charge in [-0.1, -0.05) is 30.3 Å². The van der Waals surface area contributed by atoms with E-state index in [1.165, 1.54) is 0 Å². The van der Waals surface area contributed by atoms with Crippen LogP contribution in [0.4, 0.5) is 0 Å². The Bertz CT molecular complexity index is 802. The molecule has 1 heterocycles. The van der Waals surface area contributed by atoms with E-state index in [0.717, 1.165) is 27.8 Å². The van der Waals surface area contributed by atoms with Crippen molar-refractivity contribution < 1.29 is 9.53 Å². The molecule has 0 saturated heterocycles. The molecule has 3 rings (SSSR count). The summed E-state index contributed by atoms with van der Waals surface area (Å²) < 4.78 is 5.69. The van der Waals surface area contributed by atoms with Crippen LogP contribution in [0.1, 0.15) is 21.5 Å². The first kappa shape index (κ1) is 13.4. The maximum Gasteiger partial charge on any atom is 0.202 e. The Morgan fingerprint density at radius 3 is 2.81 bits per heavy atom. The number of Topliss-reactive ketones (excluding diaryl/α,β-unsaturated/α-hetero) is 1. The fraction of sp³-hybridized carbons (Fsp3) is 0.167. The normalized spacial score (nSPS) is 10.8. The molecule has 0 fully saturated rings. The number of hydrogen-bond acceptors (Lipinski definition) is 2. The average molecular weight is 279 g/mol. The van der Waals surface area contributed by atoms with E-state index in [0.29, 0.717) is 5.56 Å². The van der Waals surface area contributed by atoms with Crippen LogP contribution in [0.5, 0.6) is 5.75 Å². The van der Waals surface area contributed by atoms with Gasteiger partial charge in [-0.15, -0.1) is 0 Å². The molecule has 0 amide bonds. The molecule has 3 aromatic rings. The van der Waals surface area contributed by atoms with Gasteiger partial charge >= 0.3 is 0 Å². The molecule has 1 N–H and O–H groups in total. The quantitative estimate of drug-likeness (QED) is 0.732. The number of H-pyrrole nitrogens is 1. The lowest BCUT2D eigenvalue weighted by atomic mass is 10.1. The summed E-state index contributed by atoms with van der Waals surface area (Å²) in [6, 6.07) is 13.8. The largest absolute Gasteiger partial charge is 0.485 e. The molecule has 0 saturated carbocycles. The molecular formula is C18H17NO2. The number of aromatic amines is 1. The number of nitrogens with one attached hydrogen (secondary N) is 1. The van der Waals surface area contributed by atoms with E-state index < -0.39 is 0 Å². The van der Waals surface area contributed by atoms with E-state index in [9.17, 15) is 4.79 Å². The van der Waals surface area contributed by atoms with Crippen LogP contribution in [-0.2, 0) is 0 Å². The second-order valence-electron chi connectivity index (χ2n) is 5.23. The van der Waals surface area contributed by atoms with Crippen molar-refractivity contribution in [1.82, 2.24) is 4.98 Å². The van der Waals surface area contributed by atoms with Crippen molar-refractivity contribution in [1.29, 1.82) is 0 Å². The average Bonchev–Trinajstić information content (AvgIpc) is 2.92. The molecule has 0 spiro atoms. The van der Waals surface area contributed by atoms with Gasteiger partial charge in [0.1, 0.15) is 5.75 Å². The van der Waals surface area contributed by atoms with Crippen molar-refractivity contribution >= 4 is 16.7 Å². The van der Waals surface area contributed by atoms with Crippen LogP contribution >= 0.6 is 0 Å². The second-order valence-corrected chi connectivity index (χ2v) is 5.23. The molecule has 0 radical (unpaired) electrons. The summed E-state index contributed by atoms with van der Waals surface area (Å²) in [5, 5.41) is 0.937. The maximum atomic E-state index is 12.3. The number of rotatable bonds is 4. The Morgan fingerprint density at radius 1 is 1.14 bits per heavy atom. The predicted octanol–water partition coefficient (Wildman–Crippen LogP) is 4.05. The minimum atomic E-state index is -0.0200. The Balaban J connectivity index is 1.79. The molecule has 0 aliphatic rings. The molecule has 3 nitrogen and oxygen atoms in total. The smallest absolute Gasteiger partial charge is 0.202 e. The number of aromatic nitrogens is 1. The summed E-state index contributed by atoms with van der Waals surface area (Å²) >= 11 is 0. The van der Waals surface area contributed by atoms with Gasteiger partial charge in [-0.05, 0) is 37.1 Å². The topological polar surface area (TPSA) is 42.1 Å². The summed E-state index contributed by atoms with van der Waals surface area (Å²) in [7, 11) is 0. The Morgan fingerprint density at radius 2 is 1.95 bits per heavy atom. The van der Waals surface area contributed by atoms with Crippen LogP contribution in [0.25, 0.3) is 10.9 Å². The summed E-state index contributed by atoms with van der Waals surface area (Å²) in [6.07, 6.45) is 1.75. The minimum absolute atomic E-state index is 0.0200. The first-order valence-electron chi connectivity index (χ1n) is 6.94. The zero-order chi connectivity index (χ0) is 14.8. The Hall–Kier alpha value is -2.55. The number of fused-ring (bicyclic) bond motifs is 1. The highest BCUT2D eigenvalue weighted by molar-refractivity contribution is 6.08. The fourth-order valence-corrected chi connectivity index (χ4v) is 2.39. The van der Waals surface area contributed by atoms with E-state index in [1.54, 1.807) is 6.20 Å². The van der Waals surface area contributed by atoms with E-state index in [-0.39, 0.29) is 12.4 Å². The second kappa shape index (κ2) is 5.44. The van der Waals surface area contributed by atoms with E-state index in [1.807, 2.05) is 56.3 Å². The molecular weight excluding hydrogens is 262 g/mol. The highest BCUT2D eigenvalue weighted by Gasteiger charge is 2.13. The molecule has 1 aromatic heterocycles. The number of hydrogen-bond donors (Lipinski definition) is 1. The van der Waals surface area contributed by atoms with Crippen LogP contribution in [0.2, 0.25) is 0 Å². The number of para-hydroxylation sites is 1. The zero-order valence-corrected chi connectivity index (χ0v) is 12.1. The fourth-order valence-electron chi connectivity index (χ4n) is 2.39. The third-order valence-corrected chi connectivity index (χ3v) is 3.59. The van der Waals surface area contributed by atoms with E-state index in [2.05, 4.69) is 4.98 Å². The Labute approximate surface area is 123 Å². The maximum absolute atomic E-state index is 12.3. The molecule has 0 aliphatic carbocycles. The van der Waals surface area contributed by atoms with E-state index >= 15 is 0 Å². The first-order valence-corrected chi connectivity index (χ1v) is 6.94. The van der Waals surface area contributed by atoms with Crippen molar-refractivity contribution in [3.05, 3.63) is 65.4 Å². The van der Waals surface area contributed by atoms with Gasteiger partial charge in [0.05, 0.1) is 0 Å². The van der Waals surface area contributed by atoms with Crippen LogP contribution in [0.15, 0.2) is 48.7 Å². The molecule has 3 heteroatoms. The molecule has 106 valence electrons. The minimum Gasteiger partial charge on any atom is -0.485 e. The zero-order valence-electron chi connectivity index (χ0n) is 12.1. The van der Waals surface area contributed by atoms with Gasteiger partial charge in [0, 0.05) is 22.7 Å². The predicted molar refractivity (Wildman–Crippen MR) is 84.0 cm³/mol.